The molecule has 0 saturated heterocycles. The number of aromatic nitrogens is 4. The first-order valence-electron chi connectivity index (χ1n) is 6.31. The summed E-state index contributed by atoms with van der Waals surface area (Å²) in [7, 11) is 0. The highest BCUT2D eigenvalue weighted by Crippen LogP contribution is 2.16. The lowest BCUT2D eigenvalue weighted by Crippen LogP contribution is -2.22. The molecule has 0 aliphatic rings. The van der Waals surface area contributed by atoms with E-state index >= 15 is 0 Å². The van der Waals surface area contributed by atoms with Crippen LogP contribution in [0.3, 0.4) is 0 Å². The van der Waals surface area contributed by atoms with Gasteiger partial charge in [0.25, 0.3) is 0 Å². The Balaban J connectivity index is 2.67. The van der Waals surface area contributed by atoms with Crippen molar-refractivity contribution in [2.75, 3.05) is 5.32 Å². The van der Waals surface area contributed by atoms with E-state index in [1.807, 2.05) is 13.8 Å². The van der Waals surface area contributed by atoms with Crippen molar-refractivity contribution < 1.29 is 0 Å². The van der Waals surface area contributed by atoms with E-state index in [4.69, 9.17) is 0 Å². The summed E-state index contributed by atoms with van der Waals surface area (Å²) in [6.45, 7) is 8.12. The van der Waals surface area contributed by atoms with Crippen molar-refractivity contribution >= 4 is 11.6 Å². The maximum atomic E-state index is 11.8. The van der Waals surface area contributed by atoms with Gasteiger partial charge in [0, 0.05) is 17.3 Å². The molecule has 98 valence electrons. The molecule has 2 heterocycles. The number of anilines is 1. The van der Waals surface area contributed by atoms with Crippen molar-refractivity contribution in [1.82, 2.24) is 19.6 Å². The summed E-state index contributed by atoms with van der Waals surface area (Å²) in [5, 5.41) is 9.82. The fourth-order valence-corrected chi connectivity index (χ4v) is 1.97. The minimum Gasteiger partial charge on any atom is -0.353 e. The van der Waals surface area contributed by atoms with Crippen molar-refractivity contribution in [3.05, 3.63) is 21.7 Å². The lowest BCUT2D eigenvalue weighted by atomic mass is 10.2. The second-order valence-corrected chi connectivity index (χ2v) is 4.49. The van der Waals surface area contributed by atoms with Crippen molar-refractivity contribution in [3.8, 4) is 0 Å². The molecule has 0 unspecified atom stereocenters. The Hall–Kier alpha value is -1.85. The normalized spacial score (nSPS) is 12.9. The average Bonchev–Trinajstić information content (AvgIpc) is 2.72. The molecule has 2 rings (SSSR count). The summed E-state index contributed by atoms with van der Waals surface area (Å²) in [6.07, 6.45) is 1.76. The third-order valence-corrected chi connectivity index (χ3v) is 3.21. The monoisotopic (exact) mass is 249 g/mol. The third-order valence-electron chi connectivity index (χ3n) is 3.21. The summed E-state index contributed by atoms with van der Waals surface area (Å²) in [4.78, 5) is 16.3. The zero-order valence-electron chi connectivity index (χ0n) is 11.2. The summed E-state index contributed by atoms with van der Waals surface area (Å²) >= 11 is 0. The first-order valence-corrected chi connectivity index (χ1v) is 6.31. The molecule has 0 saturated carbocycles. The molecule has 0 bridgehead atoms. The minimum atomic E-state index is -0.252. The van der Waals surface area contributed by atoms with Crippen molar-refractivity contribution in [1.29, 1.82) is 0 Å². The fourth-order valence-electron chi connectivity index (χ4n) is 1.97. The first kappa shape index (κ1) is 12.6. The first-order chi connectivity index (χ1) is 8.58. The SMILES string of the molecule is CCc1c(C)nc(N[C@@H](C)CC)n2c(=O)[nH]nc12. The molecule has 2 aromatic rings. The molecule has 6 heteroatoms. The van der Waals surface area contributed by atoms with E-state index in [2.05, 4.69) is 34.3 Å². The number of H-pyrrole nitrogens is 1. The predicted octanol–water partition coefficient (Wildman–Crippen LogP) is 1.50. The molecule has 2 N–H and O–H groups in total. The van der Waals surface area contributed by atoms with Gasteiger partial charge in [0.15, 0.2) is 5.65 Å². The van der Waals surface area contributed by atoms with Crippen LogP contribution in [0.25, 0.3) is 5.65 Å². The van der Waals surface area contributed by atoms with Gasteiger partial charge in [0.1, 0.15) is 0 Å². The third kappa shape index (κ3) is 1.98. The van der Waals surface area contributed by atoms with E-state index < -0.39 is 0 Å². The van der Waals surface area contributed by atoms with Crippen LogP contribution in [-0.4, -0.2) is 25.6 Å². The van der Waals surface area contributed by atoms with E-state index in [0.717, 1.165) is 24.1 Å². The van der Waals surface area contributed by atoms with E-state index in [0.29, 0.717) is 11.6 Å². The van der Waals surface area contributed by atoms with Crippen molar-refractivity contribution in [3.63, 3.8) is 0 Å². The number of hydrogen-bond acceptors (Lipinski definition) is 4. The summed E-state index contributed by atoms with van der Waals surface area (Å²) in [5.41, 5.74) is 2.33. The molecular weight excluding hydrogens is 230 g/mol. The number of hydrogen-bond donors (Lipinski definition) is 2. The van der Waals surface area contributed by atoms with Crippen LogP contribution in [0, 0.1) is 6.92 Å². The van der Waals surface area contributed by atoms with Gasteiger partial charge in [-0.1, -0.05) is 13.8 Å². The predicted molar refractivity (Wildman–Crippen MR) is 71.1 cm³/mol. The summed E-state index contributed by atoms with van der Waals surface area (Å²) < 4.78 is 1.51. The van der Waals surface area contributed by atoms with Gasteiger partial charge >= 0.3 is 5.69 Å². The lowest BCUT2D eigenvalue weighted by molar-refractivity contribution is 0.745. The standard InChI is InChI=1S/C12H19N5O/c1-5-7(3)13-11-14-8(4)9(6-2)10-15-16-12(18)17(10)11/h7H,5-6H2,1-4H3,(H,13,14)(H,16,18)/t7-/m0/s1. The van der Waals surface area contributed by atoms with E-state index in [1.165, 1.54) is 4.40 Å². The molecule has 0 amide bonds. The summed E-state index contributed by atoms with van der Waals surface area (Å²) in [6, 6.07) is 0.259. The van der Waals surface area contributed by atoms with E-state index in [9.17, 15) is 4.79 Å². The van der Waals surface area contributed by atoms with Crippen LogP contribution in [0.2, 0.25) is 0 Å². The number of fused-ring (bicyclic) bond motifs is 1. The number of aryl methyl sites for hydroxylation is 2. The highest BCUT2D eigenvalue weighted by atomic mass is 16.1. The van der Waals surface area contributed by atoms with Gasteiger partial charge in [-0.3, -0.25) is 0 Å². The fraction of sp³-hybridized carbons (Fsp3) is 0.583. The van der Waals surface area contributed by atoms with Gasteiger partial charge in [-0.25, -0.2) is 19.3 Å². The second-order valence-electron chi connectivity index (χ2n) is 4.49. The van der Waals surface area contributed by atoms with Crippen LogP contribution in [0.15, 0.2) is 4.79 Å². The Kier molecular flexibility index (Phi) is 3.36. The smallest absolute Gasteiger partial charge is 0.350 e. The Bertz CT molecular complexity index is 613. The van der Waals surface area contributed by atoms with Gasteiger partial charge in [0.05, 0.1) is 0 Å². The van der Waals surface area contributed by atoms with Gasteiger partial charge in [-0.05, 0) is 26.7 Å². The van der Waals surface area contributed by atoms with Crippen molar-refractivity contribution in [2.24, 2.45) is 0 Å². The highest BCUT2D eigenvalue weighted by molar-refractivity contribution is 5.54. The number of rotatable bonds is 4. The summed E-state index contributed by atoms with van der Waals surface area (Å²) in [5.74, 6) is 0.563. The number of nitrogens with zero attached hydrogens (tertiary/aromatic N) is 3. The Morgan fingerprint density at radius 1 is 1.44 bits per heavy atom. The maximum absolute atomic E-state index is 11.8. The van der Waals surface area contributed by atoms with Crippen LogP contribution in [0.5, 0.6) is 0 Å². The molecule has 2 aromatic heterocycles. The zero-order chi connectivity index (χ0) is 13.3. The highest BCUT2D eigenvalue weighted by Gasteiger charge is 2.15. The molecule has 6 nitrogen and oxygen atoms in total. The Morgan fingerprint density at radius 2 is 2.17 bits per heavy atom. The number of nitrogens with one attached hydrogen (secondary N) is 2. The molecule has 0 spiro atoms. The molecule has 18 heavy (non-hydrogen) atoms. The molecular formula is C12H19N5O. The average molecular weight is 249 g/mol. The van der Waals surface area contributed by atoms with Gasteiger partial charge in [0.2, 0.25) is 5.95 Å². The Labute approximate surface area is 105 Å². The second kappa shape index (κ2) is 4.80. The topological polar surface area (TPSA) is 75.1 Å². The molecule has 1 atom stereocenters. The Morgan fingerprint density at radius 3 is 2.78 bits per heavy atom. The molecule has 0 aliphatic heterocycles. The van der Waals surface area contributed by atoms with E-state index in [-0.39, 0.29) is 11.7 Å². The van der Waals surface area contributed by atoms with Crippen molar-refractivity contribution in [2.45, 2.75) is 46.6 Å². The van der Waals surface area contributed by atoms with Crippen LogP contribution >= 0.6 is 0 Å². The van der Waals surface area contributed by atoms with Crippen LogP contribution in [0.1, 0.15) is 38.4 Å². The molecule has 0 fully saturated rings. The quantitative estimate of drug-likeness (QED) is 0.861. The largest absolute Gasteiger partial charge is 0.353 e. The molecule has 0 aliphatic carbocycles. The van der Waals surface area contributed by atoms with Crippen LogP contribution in [0.4, 0.5) is 5.95 Å². The van der Waals surface area contributed by atoms with Crippen LogP contribution in [-0.2, 0) is 6.42 Å². The van der Waals surface area contributed by atoms with Gasteiger partial charge in [-0.2, -0.15) is 5.10 Å². The number of aromatic amines is 1. The van der Waals surface area contributed by atoms with Gasteiger partial charge < -0.3 is 5.32 Å². The van der Waals surface area contributed by atoms with E-state index in [1.54, 1.807) is 0 Å². The zero-order valence-corrected chi connectivity index (χ0v) is 11.2. The maximum Gasteiger partial charge on any atom is 0.350 e. The van der Waals surface area contributed by atoms with Gasteiger partial charge in [-0.15, -0.1) is 0 Å². The van der Waals surface area contributed by atoms with Crippen LogP contribution < -0.4 is 11.0 Å². The lowest BCUT2D eigenvalue weighted by Gasteiger charge is -2.15. The molecule has 0 aromatic carbocycles. The minimum absolute atomic E-state index is 0.252. The molecule has 0 radical (unpaired) electrons.